The number of aromatic nitrogens is 2. The average molecular weight is 353 g/mol. The summed E-state index contributed by atoms with van der Waals surface area (Å²) in [6.45, 7) is 4.32. The minimum atomic E-state index is -0.263. The lowest BCUT2D eigenvalue weighted by molar-refractivity contribution is -0.188. The van der Waals surface area contributed by atoms with E-state index in [1.165, 1.54) is 0 Å². The van der Waals surface area contributed by atoms with Crippen molar-refractivity contribution < 1.29 is 14.3 Å². The number of ether oxygens (including phenoxy) is 2. The van der Waals surface area contributed by atoms with Crippen molar-refractivity contribution in [2.45, 2.75) is 38.1 Å². The van der Waals surface area contributed by atoms with Crippen LogP contribution in [0.2, 0.25) is 0 Å². The molecule has 4 heterocycles. The second-order valence-electron chi connectivity index (χ2n) is 7.13. The molecule has 2 aliphatic heterocycles. The highest BCUT2D eigenvalue weighted by molar-refractivity contribution is 5.94. The van der Waals surface area contributed by atoms with Gasteiger partial charge in [0, 0.05) is 31.1 Å². The largest absolute Gasteiger partial charge is 0.372 e. The van der Waals surface area contributed by atoms with E-state index in [4.69, 9.17) is 9.47 Å². The standard InChI is InChI=1S/C20H23N3O3/c1-15-5-6-16(11-22-15)19(24)23-13-20(14-23)10-18(7-9-26-20)25-12-17-4-2-3-8-21-17/h2-6,8,11,18H,7,9-10,12-14H2,1H3/t18-/m0/s1. The Hall–Kier alpha value is -2.31. The Morgan fingerprint density at radius 1 is 1.31 bits per heavy atom. The second kappa shape index (κ2) is 7.13. The number of nitrogens with zero attached hydrogens (tertiary/aromatic N) is 3. The molecule has 6 nitrogen and oxygen atoms in total. The molecule has 2 saturated heterocycles. The molecule has 0 N–H and O–H groups in total. The molecule has 1 amide bonds. The SMILES string of the molecule is Cc1ccc(C(=O)N2CC3(C[C@@H](OCc4ccccn4)CCO3)C2)cn1. The van der Waals surface area contributed by atoms with E-state index in [9.17, 15) is 4.79 Å². The van der Waals surface area contributed by atoms with Crippen molar-refractivity contribution >= 4 is 5.91 Å². The highest BCUT2D eigenvalue weighted by Gasteiger charge is 2.49. The number of rotatable bonds is 4. The molecule has 0 bridgehead atoms. The lowest BCUT2D eigenvalue weighted by atomic mass is 9.84. The molecule has 0 unspecified atom stereocenters. The normalized spacial score (nSPS) is 21.4. The first-order valence-electron chi connectivity index (χ1n) is 9.01. The van der Waals surface area contributed by atoms with Crippen molar-refractivity contribution in [3.05, 3.63) is 59.7 Å². The summed E-state index contributed by atoms with van der Waals surface area (Å²) in [5, 5.41) is 0. The molecule has 0 aliphatic carbocycles. The molecule has 4 rings (SSSR count). The van der Waals surface area contributed by atoms with E-state index in [1.54, 1.807) is 12.4 Å². The van der Waals surface area contributed by atoms with Crippen molar-refractivity contribution in [2.75, 3.05) is 19.7 Å². The minimum absolute atomic E-state index is 0.0169. The summed E-state index contributed by atoms with van der Waals surface area (Å²) in [5.74, 6) is 0.0169. The Morgan fingerprint density at radius 3 is 2.92 bits per heavy atom. The molecule has 0 saturated carbocycles. The van der Waals surface area contributed by atoms with Crippen molar-refractivity contribution in [3.8, 4) is 0 Å². The van der Waals surface area contributed by atoms with Gasteiger partial charge in [-0.3, -0.25) is 14.8 Å². The molecule has 2 fully saturated rings. The molecule has 0 aromatic carbocycles. The fourth-order valence-electron chi connectivity index (χ4n) is 3.60. The van der Waals surface area contributed by atoms with Gasteiger partial charge in [0.2, 0.25) is 0 Å². The summed E-state index contributed by atoms with van der Waals surface area (Å²) < 4.78 is 12.1. The van der Waals surface area contributed by atoms with Gasteiger partial charge in [-0.2, -0.15) is 0 Å². The maximum Gasteiger partial charge on any atom is 0.255 e. The van der Waals surface area contributed by atoms with Crippen molar-refractivity contribution in [1.29, 1.82) is 0 Å². The number of hydrogen-bond acceptors (Lipinski definition) is 5. The van der Waals surface area contributed by atoms with Crippen LogP contribution in [-0.4, -0.2) is 52.2 Å². The van der Waals surface area contributed by atoms with E-state index in [-0.39, 0.29) is 17.6 Å². The smallest absolute Gasteiger partial charge is 0.255 e. The lowest BCUT2D eigenvalue weighted by Crippen LogP contribution is -2.67. The number of hydrogen-bond donors (Lipinski definition) is 0. The first-order valence-corrected chi connectivity index (χ1v) is 9.01. The number of carbonyl (C=O) groups is 1. The Bertz CT molecular complexity index is 758. The number of likely N-dealkylation sites (tertiary alicyclic amines) is 1. The second-order valence-corrected chi connectivity index (χ2v) is 7.13. The van der Waals surface area contributed by atoms with Crippen LogP contribution in [-0.2, 0) is 16.1 Å². The van der Waals surface area contributed by atoms with Crippen molar-refractivity contribution in [3.63, 3.8) is 0 Å². The lowest BCUT2D eigenvalue weighted by Gasteiger charge is -2.53. The highest BCUT2D eigenvalue weighted by atomic mass is 16.5. The molecule has 2 aromatic heterocycles. The summed E-state index contributed by atoms with van der Waals surface area (Å²) in [6, 6.07) is 9.52. The monoisotopic (exact) mass is 353 g/mol. The average Bonchev–Trinajstić information content (AvgIpc) is 2.65. The molecular weight excluding hydrogens is 330 g/mol. The predicted molar refractivity (Wildman–Crippen MR) is 95.6 cm³/mol. The predicted octanol–water partition coefficient (Wildman–Crippen LogP) is 2.38. The maximum atomic E-state index is 12.5. The van der Waals surface area contributed by atoms with E-state index >= 15 is 0 Å². The van der Waals surface area contributed by atoms with Crippen molar-refractivity contribution in [1.82, 2.24) is 14.9 Å². The zero-order chi connectivity index (χ0) is 18.0. The number of carbonyl (C=O) groups excluding carboxylic acids is 1. The van der Waals surface area contributed by atoms with Crippen LogP contribution in [0.15, 0.2) is 42.7 Å². The zero-order valence-electron chi connectivity index (χ0n) is 14.9. The summed E-state index contributed by atoms with van der Waals surface area (Å²) in [5.41, 5.74) is 2.21. The Morgan fingerprint density at radius 2 is 2.19 bits per heavy atom. The van der Waals surface area contributed by atoms with Gasteiger partial charge in [0.05, 0.1) is 37.1 Å². The highest BCUT2D eigenvalue weighted by Crippen LogP contribution is 2.36. The summed E-state index contributed by atoms with van der Waals surface area (Å²) >= 11 is 0. The Balaban J connectivity index is 1.31. The molecule has 2 aromatic rings. The van der Waals surface area contributed by atoms with E-state index in [1.807, 2.05) is 42.2 Å². The van der Waals surface area contributed by atoms with Crippen LogP contribution in [0.1, 0.15) is 34.6 Å². The van der Waals surface area contributed by atoms with Gasteiger partial charge in [0.1, 0.15) is 5.60 Å². The van der Waals surface area contributed by atoms with E-state index in [0.717, 1.165) is 24.2 Å². The van der Waals surface area contributed by atoms with Crippen LogP contribution < -0.4 is 0 Å². The molecular formula is C20H23N3O3. The molecule has 1 spiro atoms. The van der Waals surface area contributed by atoms with E-state index in [0.29, 0.717) is 31.9 Å². The van der Waals surface area contributed by atoms with Gasteiger partial charge in [-0.05, 0) is 37.6 Å². The van der Waals surface area contributed by atoms with Gasteiger partial charge >= 0.3 is 0 Å². The van der Waals surface area contributed by atoms with Gasteiger partial charge in [-0.1, -0.05) is 6.07 Å². The molecule has 2 aliphatic rings. The van der Waals surface area contributed by atoms with Crippen LogP contribution in [0.25, 0.3) is 0 Å². The van der Waals surface area contributed by atoms with E-state index in [2.05, 4.69) is 9.97 Å². The summed E-state index contributed by atoms with van der Waals surface area (Å²) in [7, 11) is 0. The van der Waals surface area contributed by atoms with Gasteiger partial charge in [0.25, 0.3) is 5.91 Å². The number of amides is 1. The van der Waals surface area contributed by atoms with Crippen molar-refractivity contribution in [2.24, 2.45) is 0 Å². The topological polar surface area (TPSA) is 64.6 Å². The number of aryl methyl sites for hydroxylation is 1. The van der Waals surface area contributed by atoms with E-state index < -0.39 is 0 Å². The van der Waals surface area contributed by atoms with Gasteiger partial charge < -0.3 is 14.4 Å². The molecule has 136 valence electrons. The number of pyridine rings is 2. The third kappa shape index (κ3) is 3.61. The molecule has 6 heteroatoms. The maximum absolute atomic E-state index is 12.5. The van der Waals surface area contributed by atoms with Crippen LogP contribution in [0, 0.1) is 6.92 Å². The van der Waals surface area contributed by atoms with Gasteiger partial charge in [-0.15, -0.1) is 0 Å². The third-order valence-corrected chi connectivity index (χ3v) is 5.04. The Labute approximate surface area is 153 Å². The Kier molecular flexibility index (Phi) is 4.70. The minimum Gasteiger partial charge on any atom is -0.372 e. The van der Waals surface area contributed by atoms with Crippen LogP contribution >= 0.6 is 0 Å². The molecule has 1 atom stereocenters. The molecule has 0 radical (unpaired) electrons. The molecule has 26 heavy (non-hydrogen) atoms. The summed E-state index contributed by atoms with van der Waals surface area (Å²) in [6.07, 6.45) is 5.26. The fraction of sp³-hybridized carbons (Fsp3) is 0.450. The van der Waals surface area contributed by atoms with Gasteiger partial charge in [0.15, 0.2) is 0 Å². The zero-order valence-corrected chi connectivity index (χ0v) is 14.9. The van der Waals surface area contributed by atoms with Crippen LogP contribution in [0.3, 0.4) is 0 Å². The quantitative estimate of drug-likeness (QED) is 0.844. The van der Waals surface area contributed by atoms with Crippen LogP contribution in [0.4, 0.5) is 0 Å². The summed E-state index contributed by atoms with van der Waals surface area (Å²) in [4.78, 5) is 22.9. The fourth-order valence-corrected chi connectivity index (χ4v) is 3.60. The third-order valence-electron chi connectivity index (χ3n) is 5.04. The van der Waals surface area contributed by atoms with Gasteiger partial charge in [-0.25, -0.2) is 0 Å². The first kappa shape index (κ1) is 17.1. The van der Waals surface area contributed by atoms with Crippen LogP contribution in [0.5, 0.6) is 0 Å². The first-order chi connectivity index (χ1) is 12.6.